The molecule has 29 heavy (non-hydrogen) atoms. The van der Waals surface area contributed by atoms with Crippen LogP contribution in [0.4, 0.5) is 4.39 Å². The third-order valence-corrected chi connectivity index (χ3v) is 4.73. The van der Waals surface area contributed by atoms with Crippen molar-refractivity contribution < 1.29 is 9.18 Å². The molecule has 0 spiro atoms. The number of nitrogens with zero attached hydrogens (tertiary/aromatic N) is 4. The van der Waals surface area contributed by atoms with Crippen molar-refractivity contribution in [3.8, 4) is 5.69 Å². The van der Waals surface area contributed by atoms with Gasteiger partial charge in [-0.2, -0.15) is 5.10 Å². The summed E-state index contributed by atoms with van der Waals surface area (Å²) >= 11 is 0. The molecule has 0 unspecified atom stereocenters. The lowest BCUT2D eigenvalue weighted by Crippen LogP contribution is -2.23. The lowest BCUT2D eigenvalue weighted by atomic mass is 10.1. The highest BCUT2D eigenvalue weighted by Gasteiger charge is 2.15. The maximum atomic E-state index is 13.1. The minimum atomic E-state index is -0.312. The molecule has 0 aliphatic rings. The molecule has 7 heteroatoms. The average molecular weight is 389 g/mol. The SMILES string of the molecule is Cc1c(C(=O)NCc2ccc(Cn3ccnc3)cc2)cnn1-c1ccc(F)cc1. The number of imidazole rings is 1. The van der Waals surface area contributed by atoms with E-state index in [0.29, 0.717) is 23.5 Å². The third kappa shape index (κ3) is 4.24. The zero-order valence-electron chi connectivity index (χ0n) is 15.9. The number of hydrogen-bond acceptors (Lipinski definition) is 3. The quantitative estimate of drug-likeness (QED) is 0.549. The van der Waals surface area contributed by atoms with Crippen LogP contribution in [0.5, 0.6) is 0 Å². The van der Waals surface area contributed by atoms with E-state index in [9.17, 15) is 9.18 Å². The summed E-state index contributed by atoms with van der Waals surface area (Å²) in [6, 6.07) is 14.1. The van der Waals surface area contributed by atoms with Crippen LogP contribution in [0.3, 0.4) is 0 Å². The molecule has 0 saturated carbocycles. The Bertz CT molecular complexity index is 1100. The van der Waals surface area contributed by atoms with Crippen molar-refractivity contribution in [2.24, 2.45) is 0 Å². The number of carbonyl (C=O) groups excluding carboxylic acids is 1. The number of hydrogen-bond donors (Lipinski definition) is 1. The molecule has 0 bridgehead atoms. The molecular formula is C22H20FN5O. The maximum Gasteiger partial charge on any atom is 0.255 e. The number of halogens is 1. The molecule has 0 aliphatic carbocycles. The first-order valence-electron chi connectivity index (χ1n) is 9.22. The minimum Gasteiger partial charge on any atom is -0.348 e. The minimum absolute atomic E-state index is 0.196. The molecule has 6 nitrogen and oxygen atoms in total. The molecule has 2 aromatic carbocycles. The van der Waals surface area contributed by atoms with Crippen molar-refractivity contribution in [2.75, 3.05) is 0 Å². The van der Waals surface area contributed by atoms with E-state index in [1.165, 1.54) is 18.3 Å². The summed E-state index contributed by atoms with van der Waals surface area (Å²) in [5.41, 5.74) is 4.07. The highest BCUT2D eigenvalue weighted by Crippen LogP contribution is 2.15. The zero-order chi connectivity index (χ0) is 20.2. The topological polar surface area (TPSA) is 64.7 Å². The Kier molecular flexibility index (Phi) is 5.20. The Morgan fingerprint density at radius 1 is 1.07 bits per heavy atom. The number of benzene rings is 2. The van der Waals surface area contributed by atoms with Gasteiger partial charge >= 0.3 is 0 Å². The Hall–Kier alpha value is -3.74. The summed E-state index contributed by atoms with van der Waals surface area (Å²) in [5, 5.41) is 7.19. The fraction of sp³-hybridized carbons (Fsp3) is 0.136. The first-order chi connectivity index (χ1) is 14.1. The molecule has 0 aliphatic heterocycles. The molecule has 0 fully saturated rings. The van der Waals surface area contributed by atoms with Crippen LogP contribution < -0.4 is 5.32 Å². The Morgan fingerprint density at radius 3 is 2.48 bits per heavy atom. The van der Waals surface area contributed by atoms with Gasteiger partial charge in [0.15, 0.2) is 0 Å². The Morgan fingerprint density at radius 2 is 1.79 bits per heavy atom. The van der Waals surface area contributed by atoms with E-state index in [-0.39, 0.29) is 11.7 Å². The van der Waals surface area contributed by atoms with Crippen molar-refractivity contribution in [1.29, 1.82) is 0 Å². The van der Waals surface area contributed by atoms with Crippen LogP contribution in [-0.2, 0) is 13.1 Å². The molecular weight excluding hydrogens is 369 g/mol. The molecule has 2 aromatic heterocycles. The molecule has 0 atom stereocenters. The fourth-order valence-electron chi connectivity index (χ4n) is 3.11. The number of nitrogens with one attached hydrogen (secondary N) is 1. The van der Waals surface area contributed by atoms with Crippen LogP contribution in [0.2, 0.25) is 0 Å². The summed E-state index contributed by atoms with van der Waals surface area (Å²) in [6.45, 7) is 3.00. The van der Waals surface area contributed by atoms with Crippen molar-refractivity contribution >= 4 is 5.91 Å². The van der Waals surface area contributed by atoms with E-state index in [2.05, 4.69) is 15.4 Å². The molecule has 4 aromatic rings. The first-order valence-corrected chi connectivity index (χ1v) is 9.22. The number of carbonyl (C=O) groups is 1. The third-order valence-electron chi connectivity index (χ3n) is 4.73. The second-order valence-corrected chi connectivity index (χ2v) is 6.77. The summed E-state index contributed by atoms with van der Waals surface area (Å²) < 4.78 is 16.7. The average Bonchev–Trinajstić information content (AvgIpc) is 3.38. The van der Waals surface area contributed by atoms with Gasteiger partial charge in [0, 0.05) is 25.5 Å². The van der Waals surface area contributed by atoms with Crippen molar-refractivity contribution in [2.45, 2.75) is 20.0 Å². The fourth-order valence-corrected chi connectivity index (χ4v) is 3.11. The summed E-state index contributed by atoms with van der Waals surface area (Å²) in [5.74, 6) is -0.508. The Balaban J connectivity index is 1.39. The molecule has 0 radical (unpaired) electrons. The van der Waals surface area contributed by atoms with Crippen LogP contribution >= 0.6 is 0 Å². The van der Waals surface area contributed by atoms with E-state index in [1.807, 2.05) is 42.0 Å². The normalized spacial score (nSPS) is 10.8. The smallest absolute Gasteiger partial charge is 0.255 e. The number of rotatable bonds is 6. The molecule has 4 rings (SSSR count). The maximum absolute atomic E-state index is 13.1. The molecule has 0 saturated heterocycles. The van der Waals surface area contributed by atoms with E-state index in [0.717, 1.165) is 17.7 Å². The van der Waals surface area contributed by atoms with E-state index < -0.39 is 0 Å². The van der Waals surface area contributed by atoms with Crippen molar-refractivity contribution in [1.82, 2.24) is 24.6 Å². The summed E-state index contributed by atoms with van der Waals surface area (Å²) in [6.07, 6.45) is 6.98. The van der Waals surface area contributed by atoms with Crippen LogP contribution in [0.1, 0.15) is 27.2 Å². The number of aromatic nitrogens is 4. The standard InChI is InChI=1S/C22H20FN5O/c1-16-21(13-26-28(16)20-8-6-19(23)7-9-20)22(29)25-12-17-2-4-18(5-3-17)14-27-11-10-24-15-27/h2-11,13,15H,12,14H2,1H3,(H,25,29). The van der Waals surface area contributed by atoms with Gasteiger partial charge in [-0.1, -0.05) is 24.3 Å². The van der Waals surface area contributed by atoms with Gasteiger partial charge in [0.25, 0.3) is 5.91 Å². The zero-order valence-corrected chi connectivity index (χ0v) is 15.9. The van der Waals surface area contributed by atoms with Gasteiger partial charge in [0.1, 0.15) is 5.82 Å². The second-order valence-electron chi connectivity index (χ2n) is 6.77. The lowest BCUT2D eigenvalue weighted by molar-refractivity contribution is 0.0950. The van der Waals surface area contributed by atoms with Gasteiger partial charge in [-0.25, -0.2) is 14.1 Å². The molecule has 146 valence electrons. The van der Waals surface area contributed by atoms with Crippen LogP contribution in [0, 0.1) is 12.7 Å². The van der Waals surface area contributed by atoms with Gasteiger partial charge in [-0.3, -0.25) is 4.79 Å². The predicted molar refractivity (Wildman–Crippen MR) is 107 cm³/mol. The number of amides is 1. The monoisotopic (exact) mass is 389 g/mol. The highest BCUT2D eigenvalue weighted by molar-refractivity contribution is 5.95. The van der Waals surface area contributed by atoms with Gasteiger partial charge < -0.3 is 9.88 Å². The van der Waals surface area contributed by atoms with E-state index in [1.54, 1.807) is 29.3 Å². The van der Waals surface area contributed by atoms with E-state index >= 15 is 0 Å². The summed E-state index contributed by atoms with van der Waals surface area (Å²) in [7, 11) is 0. The molecule has 2 heterocycles. The first kappa shape index (κ1) is 18.6. The predicted octanol–water partition coefficient (Wildman–Crippen LogP) is 3.49. The van der Waals surface area contributed by atoms with Gasteiger partial charge in [0.2, 0.25) is 0 Å². The Labute approximate surface area is 167 Å². The van der Waals surface area contributed by atoms with Gasteiger partial charge in [-0.05, 0) is 42.3 Å². The van der Waals surface area contributed by atoms with Gasteiger partial charge in [0.05, 0.1) is 29.5 Å². The van der Waals surface area contributed by atoms with Crippen molar-refractivity contribution in [3.05, 3.63) is 102 Å². The lowest BCUT2D eigenvalue weighted by Gasteiger charge is -2.08. The molecule has 1 N–H and O–H groups in total. The van der Waals surface area contributed by atoms with Crippen LogP contribution in [-0.4, -0.2) is 25.2 Å². The van der Waals surface area contributed by atoms with Crippen molar-refractivity contribution in [3.63, 3.8) is 0 Å². The van der Waals surface area contributed by atoms with Gasteiger partial charge in [-0.15, -0.1) is 0 Å². The molecule has 1 amide bonds. The van der Waals surface area contributed by atoms with Crippen LogP contribution in [0.15, 0.2) is 73.4 Å². The van der Waals surface area contributed by atoms with E-state index in [4.69, 9.17) is 0 Å². The second kappa shape index (κ2) is 8.10. The van der Waals surface area contributed by atoms with Crippen LogP contribution in [0.25, 0.3) is 5.69 Å². The largest absolute Gasteiger partial charge is 0.348 e. The highest BCUT2D eigenvalue weighted by atomic mass is 19.1. The summed E-state index contributed by atoms with van der Waals surface area (Å²) in [4.78, 5) is 16.6.